The fraction of sp³-hybridized carbons (Fsp3) is 0.0667. The Morgan fingerprint density at radius 3 is 2.59 bits per heavy atom. The zero-order valence-corrected chi connectivity index (χ0v) is 10.2. The fourth-order valence-electron chi connectivity index (χ4n) is 1.73. The van der Waals surface area contributed by atoms with Crippen LogP contribution in [-0.4, -0.2) is 7.11 Å². The van der Waals surface area contributed by atoms with Crippen molar-refractivity contribution in [1.82, 2.24) is 0 Å². The van der Waals surface area contributed by atoms with E-state index >= 15 is 0 Å². The van der Waals surface area contributed by atoms with Crippen LogP contribution in [0.1, 0.15) is 5.56 Å². The minimum absolute atomic E-state index is 0.657. The van der Waals surface area contributed by atoms with Crippen LogP contribution in [0.2, 0.25) is 5.02 Å². The minimum atomic E-state index is 0.657. The lowest BCUT2D eigenvalue weighted by molar-refractivity contribution is 0.416. The highest BCUT2D eigenvalue weighted by molar-refractivity contribution is 6.31. The Balaban J connectivity index is 2.68. The molecular formula is C15H11ClO. The zero-order valence-electron chi connectivity index (χ0n) is 9.41. The van der Waals surface area contributed by atoms with Crippen molar-refractivity contribution in [2.45, 2.75) is 0 Å². The van der Waals surface area contributed by atoms with Crippen LogP contribution in [0, 0.1) is 12.3 Å². The van der Waals surface area contributed by atoms with Crippen LogP contribution < -0.4 is 4.74 Å². The number of halogens is 1. The summed E-state index contributed by atoms with van der Waals surface area (Å²) in [5.41, 5.74) is 2.67. The van der Waals surface area contributed by atoms with Gasteiger partial charge in [0.05, 0.1) is 7.11 Å². The van der Waals surface area contributed by atoms with Crippen LogP contribution in [0.15, 0.2) is 42.5 Å². The van der Waals surface area contributed by atoms with E-state index < -0.39 is 0 Å². The molecule has 0 aliphatic heterocycles. The van der Waals surface area contributed by atoms with Crippen LogP contribution in [0.5, 0.6) is 5.75 Å². The topological polar surface area (TPSA) is 9.23 Å². The molecule has 0 aliphatic carbocycles. The van der Waals surface area contributed by atoms with Gasteiger partial charge in [-0.2, -0.15) is 0 Å². The predicted molar refractivity (Wildman–Crippen MR) is 71.4 cm³/mol. The van der Waals surface area contributed by atoms with E-state index in [1.54, 1.807) is 13.2 Å². The van der Waals surface area contributed by atoms with Crippen molar-refractivity contribution in [1.29, 1.82) is 0 Å². The molecule has 0 saturated carbocycles. The highest BCUT2D eigenvalue weighted by atomic mass is 35.5. The summed E-state index contributed by atoms with van der Waals surface area (Å²) in [6.45, 7) is 0. The fourth-order valence-corrected chi connectivity index (χ4v) is 1.90. The normalized spacial score (nSPS) is 9.71. The summed E-state index contributed by atoms with van der Waals surface area (Å²) < 4.78 is 5.33. The Kier molecular flexibility index (Phi) is 3.37. The summed E-state index contributed by atoms with van der Waals surface area (Å²) in [6.07, 6.45) is 5.50. The molecule has 84 valence electrons. The Bertz CT molecular complexity index is 582. The van der Waals surface area contributed by atoms with E-state index in [0.29, 0.717) is 5.02 Å². The molecule has 0 spiro atoms. The van der Waals surface area contributed by atoms with Crippen molar-refractivity contribution in [2.24, 2.45) is 0 Å². The molecule has 2 heteroatoms. The van der Waals surface area contributed by atoms with Crippen molar-refractivity contribution in [3.8, 4) is 29.2 Å². The molecule has 0 aliphatic rings. The Hall–Kier alpha value is -1.91. The molecule has 0 aromatic heterocycles. The first-order valence-electron chi connectivity index (χ1n) is 5.16. The SMILES string of the molecule is C#Cc1ccc(Cl)cc1-c1ccccc1OC. The molecule has 0 heterocycles. The van der Waals surface area contributed by atoms with Crippen LogP contribution in [0.4, 0.5) is 0 Å². The number of ether oxygens (including phenoxy) is 1. The second-order valence-electron chi connectivity index (χ2n) is 3.53. The first-order valence-corrected chi connectivity index (χ1v) is 5.53. The third-order valence-electron chi connectivity index (χ3n) is 2.53. The van der Waals surface area contributed by atoms with Crippen LogP contribution in [-0.2, 0) is 0 Å². The van der Waals surface area contributed by atoms with Gasteiger partial charge in [0.25, 0.3) is 0 Å². The molecule has 0 N–H and O–H groups in total. The number of benzene rings is 2. The number of rotatable bonds is 2. The van der Waals surface area contributed by atoms with E-state index in [2.05, 4.69) is 5.92 Å². The molecule has 2 aromatic rings. The summed E-state index contributed by atoms with van der Waals surface area (Å²) in [5.74, 6) is 3.44. The summed E-state index contributed by atoms with van der Waals surface area (Å²) in [5, 5.41) is 0.657. The highest BCUT2D eigenvalue weighted by Crippen LogP contribution is 2.33. The van der Waals surface area contributed by atoms with E-state index in [9.17, 15) is 0 Å². The van der Waals surface area contributed by atoms with Gasteiger partial charge in [-0.25, -0.2) is 0 Å². The summed E-state index contributed by atoms with van der Waals surface area (Å²) >= 11 is 6.01. The largest absolute Gasteiger partial charge is 0.496 e. The van der Waals surface area contributed by atoms with Gasteiger partial charge in [-0.1, -0.05) is 35.7 Å². The van der Waals surface area contributed by atoms with Crippen molar-refractivity contribution in [3.63, 3.8) is 0 Å². The van der Waals surface area contributed by atoms with Gasteiger partial charge in [0, 0.05) is 21.7 Å². The average Bonchev–Trinajstić information content (AvgIpc) is 2.38. The number of hydrogen-bond donors (Lipinski definition) is 0. The van der Waals surface area contributed by atoms with E-state index in [1.165, 1.54) is 0 Å². The van der Waals surface area contributed by atoms with Gasteiger partial charge in [-0.15, -0.1) is 6.42 Å². The van der Waals surface area contributed by atoms with Gasteiger partial charge in [0.15, 0.2) is 0 Å². The molecule has 0 saturated heterocycles. The maximum Gasteiger partial charge on any atom is 0.126 e. The Morgan fingerprint density at radius 2 is 1.88 bits per heavy atom. The molecule has 0 bridgehead atoms. The van der Waals surface area contributed by atoms with Gasteiger partial charge in [-0.3, -0.25) is 0 Å². The number of terminal acetylenes is 1. The number of para-hydroxylation sites is 1. The van der Waals surface area contributed by atoms with E-state index in [-0.39, 0.29) is 0 Å². The predicted octanol–water partition coefficient (Wildman–Crippen LogP) is 4.00. The molecule has 17 heavy (non-hydrogen) atoms. The van der Waals surface area contributed by atoms with Crippen LogP contribution in [0.3, 0.4) is 0 Å². The van der Waals surface area contributed by atoms with Crippen LogP contribution >= 0.6 is 11.6 Å². The van der Waals surface area contributed by atoms with Gasteiger partial charge in [0.1, 0.15) is 5.75 Å². The lowest BCUT2D eigenvalue weighted by Gasteiger charge is -2.10. The van der Waals surface area contributed by atoms with Crippen molar-refractivity contribution in [2.75, 3.05) is 7.11 Å². The van der Waals surface area contributed by atoms with Crippen molar-refractivity contribution >= 4 is 11.6 Å². The second-order valence-corrected chi connectivity index (χ2v) is 3.97. The van der Waals surface area contributed by atoms with Gasteiger partial charge in [0.2, 0.25) is 0 Å². The number of hydrogen-bond acceptors (Lipinski definition) is 1. The molecule has 2 aromatic carbocycles. The number of methoxy groups -OCH3 is 1. The molecular weight excluding hydrogens is 232 g/mol. The van der Waals surface area contributed by atoms with Gasteiger partial charge in [-0.05, 0) is 24.3 Å². The van der Waals surface area contributed by atoms with E-state index in [0.717, 1.165) is 22.4 Å². The maximum atomic E-state index is 6.01. The van der Waals surface area contributed by atoms with E-state index in [4.69, 9.17) is 22.8 Å². The van der Waals surface area contributed by atoms with E-state index in [1.807, 2.05) is 36.4 Å². The van der Waals surface area contributed by atoms with Gasteiger partial charge >= 0.3 is 0 Å². The molecule has 0 radical (unpaired) electrons. The minimum Gasteiger partial charge on any atom is -0.496 e. The van der Waals surface area contributed by atoms with Crippen molar-refractivity contribution < 1.29 is 4.74 Å². The molecule has 0 fully saturated rings. The standard InChI is InChI=1S/C15H11ClO/c1-3-11-8-9-12(16)10-14(11)13-6-4-5-7-15(13)17-2/h1,4-10H,2H3. The Labute approximate surface area is 106 Å². The lowest BCUT2D eigenvalue weighted by atomic mass is 9.99. The smallest absolute Gasteiger partial charge is 0.126 e. The van der Waals surface area contributed by atoms with Gasteiger partial charge < -0.3 is 4.74 Å². The lowest BCUT2D eigenvalue weighted by Crippen LogP contribution is -1.90. The van der Waals surface area contributed by atoms with Crippen molar-refractivity contribution in [3.05, 3.63) is 53.1 Å². The third kappa shape index (κ3) is 2.27. The molecule has 0 unspecified atom stereocenters. The molecule has 0 amide bonds. The first kappa shape index (κ1) is 11.6. The highest BCUT2D eigenvalue weighted by Gasteiger charge is 2.09. The molecule has 0 atom stereocenters. The maximum absolute atomic E-state index is 6.01. The Morgan fingerprint density at radius 1 is 1.12 bits per heavy atom. The monoisotopic (exact) mass is 242 g/mol. The van der Waals surface area contributed by atoms with Crippen LogP contribution in [0.25, 0.3) is 11.1 Å². The zero-order chi connectivity index (χ0) is 12.3. The summed E-state index contributed by atoms with van der Waals surface area (Å²) in [7, 11) is 1.64. The average molecular weight is 243 g/mol. The first-order chi connectivity index (χ1) is 8.26. The molecule has 1 nitrogen and oxygen atoms in total. The molecule has 2 rings (SSSR count). The summed E-state index contributed by atoms with van der Waals surface area (Å²) in [4.78, 5) is 0. The summed E-state index contributed by atoms with van der Waals surface area (Å²) in [6, 6.07) is 13.2. The second kappa shape index (κ2) is 4.95. The quantitative estimate of drug-likeness (QED) is 0.724. The third-order valence-corrected chi connectivity index (χ3v) is 2.77.